The van der Waals surface area contributed by atoms with E-state index in [1.807, 2.05) is 0 Å². The van der Waals surface area contributed by atoms with Gasteiger partial charge in [-0.25, -0.2) is 0 Å². The Morgan fingerprint density at radius 2 is 1.73 bits per heavy atom. The van der Waals surface area contributed by atoms with Crippen molar-refractivity contribution in [2.45, 2.75) is 18.3 Å². The molecule has 0 fully saturated rings. The lowest BCUT2D eigenvalue weighted by Gasteiger charge is -2.13. The standard InChI is InChI=1S/C4H7F3O3S/c1-3(4(5,6)7)11(8,9)10-2/h3H,1-2H3. The molecule has 0 saturated heterocycles. The van der Waals surface area contributed by atoms with E-state index in [2.05, 4.69) is 4.18 Å². The summed E-state index contributed by atoms with van der Waals surface area (Å²) < 4.78 is 59.5. The molecule has 7 heteroatoms. The van der Waals surface area contributed by atoms with Crippen molar-refractivity contribution >= 4 is 10.1 Å². The first-order chi connectivity index (χ1) is 4.72. The van der Waals surface area contributed by atoms with Crippen molar-refractivity contribution in [3.8, 4) is 0 Å². The molecule has 0 rings (SSSR count). The fraction of sp³-hybridized carbons (Fsp3) is 1.00. The zero-order chi connectivity index (χ0) is 9.28. The maximum Gasteiger partial charge on any atom is 0.407 e. The molecule has 0 aromatic carbocycles. The number of rotatable bonds is 2. The van der Waals surface area contributed by atoms with Gasteiger partial charge >= 0.3 is 6.18 Å². The van der Waals surface area contributed by atoms with E-state index in [0.717, 1.165) is 0 Å². The number of hydrogen-bond donors (Lipinski definition) is 0. The van der Waals surface area contributed by atoms with Crippen LogP contribution in [0.1, 0.15) is 6.92 Å². The number of halogens is 3. The molecule has 68 valence electrons. The van der Waals surface area contributed by atoms with Gasteiger partial charge in [0.1, 0.15) is 0 Å². The van der Waals surface area contributed by atoms with E-state index >= 15 is 0 Å². The van der Waals surface area contributed by atoms with Crippen LogP contribution in [0.15, 0.2) is 0 Å². The van der Waals surface area contributed by atoms with Gasteiger partial charge in [0.25, 0.3) is 10.1 Å². The molecule has 0 spiro atoms. The zero-order valence-corrected chi connectivity index (χ0v) is 6.66. The minimum atomic E-state index is -4.77. The number of hydrogen-bond acceptors (Lipinski definition) is 3. The molecular formula is C4H7F3O3S. The third-order valence-corrected chi connectivity index (χ3v) is 2.72. The summed E-state index contributed by atoms with van der Waals surface area (Å²) in [6, 6.07) is 0. The summed E-state index contributed by atoms with van der Waals surface area (Å²) in [5.74, 6) is 0. The van der Waals surface area contributed by atoms with Crippen molar-refractivity contribution < 1.29 is 25.8 Å². The Morgan fingerprint density at radius 3 is 1.82 bits per heavy atom. The summed E-state index contributed by atoms with van der Waals surface area (Å²) in [5, 5.41) is -2.47. The average molecular weight is 192 g/mol. The second-order valence-electron chi connectivity index (χ2n) is 1.84. The van der Waals surface area contributed by atoms with E-state index in [9.17, 15) is 21.6 Å². The van der Waals surface area contributed by atoms with Crippen LogP contribution in [0.4, 0.5) is 13.2 Å². The Labute approximate surface area is 62.3 Å². The van der Waals surface area contributed by atoms with Crippen molar-refractivity contribution in [2.75, 3.05) is 7.11 Å². The van der Waals surface area contributed by atoms with E-state index in [4.69, 9.17) is 0 Å². The van der Waals surface area contributed by atoms with Crippen molar-refractivity contribution in [1.82, 2.24) is 0 Å². The molecule has 0 N–H and O–H groups in total. The minimum absolute atomic E-state index is 0.527. The normalized spacial score (nSPS) is 16.5. The van der Waals surface area contributed by atoms with Gasteiger partial charge in [-0.15, -0.1) is 0 Å². The Balaban J connectivity index is 4.64. The van der Waals surface area contributed by atoms with Crippen LogP contribution in [0.3, 0.4) is 0 Å². The first-order valence-electron chi connectivity index (χ1n) is 2.58. The molecule has 0 heterocycles. The lowest BCUT2D eigenvalue weighted by atomic mass is 10.5. The summed E-state index contributed by atoms with van der Waals surface area (Å²) in [6.07, 6.45) is -4.77. The van der Waals surface area contributed by atoms with Crippen molar-refractivity contribution in [3.05, 3.63) is 0 Å². The van der Waals surface area contributed by atoms with Gasteiger partial charge in [0.15, 0.2) is 5.25 Å². The predicted molar refractivity (Wildman–Crippen MR) is 31.4 cm³/mol. The molecule has 0 aliphatic carbocycles. The van der Waals surface area contributed by atoms with Crippen LogP contribution in [0.25, 0.3) is 0 Å². The molecule has 0 aliphatic rings. The Kier molecular flexibility index (Phi) is 2.90. The predicted octanol–water partition coefficient (Wildman–Crippen LogP) is 0.913. The molecular weight excluding hydrogens is 185 g/mol. The molecule has 1 atom stereocenters. The maximum atomic E-state index is 11.7. The highest BCUT2D eigenvalue weighted by Crippen LogP contribution is 2.25. The molecule has 11 heavy (non-hydrogen) atoms. The first-order valence-corrected chi connectivity index (χ1v) is 4.05. The second kappa shape index (κ2) is 2.98. The van der Waals surface area contributed by atoms with Gasteiger partial charge in [0, 0.05) is 0 Å². The largest absolute Gasteiger partial charge is 0.407 e. The quantitative estimate of drug-likeness (QED) is 0.611. The fourth-order valence-electron chi connectivity index (χ4n) is 0.308. The van der Waals surface area contributed by atoms with Gasteiger partial charge in [-0.2, -0.15) is 21.6 Å². The summed E-state index contributed by atoms with van der Waals surface area (Å²) in [7, 11) is -3.79. The molecule has 0 bridgehead atoms. The molecule has 0 saturated carbocycles. The average Bonchev–Trinajstić information content (AvgIpc) is 1.84. The maximum absolute atomic E-state index is 11.7. The third-order valence-electron chi connectivity index (χ3n) is 1.13. The first kappa shape index (κ1) is 10.7. The van der Waals surface area contributed by atoms with E-state index in [1.165, 1.54) is 0 Å². The highest BCUT2D eigenvalue weighted by atomic mass is 32.2. The monoisotopic (exact) mass is 192 g/mol. The summed E-state index contributed by atoms with van der Waals surface area (Å²) in [6.45, 7) is 0.527. The molecule has 0 aromatic heterocycles. The second-order valence-corrected chi connectivity index (χ2v) is 3.87. The van der Waals surface area contributed by atoms with Gasteiger partial charge < -0.3 is 0 Å². The Morgan fingerprint density at radius 1 is 1.36 bits per heavy atom. The zero-order valence-electron chi connectivity index (χ0n) is 5.84. The molecule has 1 unspecified atom stereocenters. The van der Waals surface area contributed by atoms with Crippen molar-refractivity contribution in [2.24, 2.45) is 0 Å². The van der Waals surface area contributed by atoms with E-state index in [1.54, 1.807) is 0 Å². The topological polar surface area (TPSA) is 43.4 Å². The van der Waals surface area contributed by atoms with Gasteiger partial charge in [-0.1, -0.05) is 0 Å². The van der Waals surface area contributed by atoms with Crippen LogP contribution >= 0.6 is 0 Å². The highest BCUT2D eigenvalue weighted by molar-refractivity contribution is 7.87. The molecule has 0 aromatic rings. The summed E-state index contributed by atoms with van der Waals surface area (Å²) >= 11 is 0. The number of alkyl halides is 3. The molecule has 3 nitrogen and oxygen atoms in total. The lowest BCUT2D eigenvalue weighted by Crippen LogP contribution is -2.34. The SMILES string of the molecule is COS(=O)(=O)C(C)C(F)(F)F. The van der Waals surface area contributed by atoms with Gasteiger partial charge in [-0.3, -0.25) is 4.18 Å². The Hall–Kier alpha value is -0.300. The van der Waals surface area contributed by atoms with E-state index in [-0.39, 0.29) is 0 Å². The fourth-order valence-corrected chi connectivity index (χ4v) is 0.924. The van der Waals surface area contributed by atoms with Gasteiger partial charge in [0.05, 0.1) is 7.11 Å². The molecule has 0 aliphatic heterocycles. The van der Waals surface area contributed by atoms with Crippen LogP contribution in [0.2, 0.25) is 0 Å². The summed E-state index contributed by atoms with van der Waals surface area (Å²) in [4.78, 5) is 0. The van der Waals surface area contributed by atoms with Crippen molar-refractivity contribution in [1.29, 1.82) is 0 Å². The van der Waals surface area contributed by atoms with Crippen molar-refractivity contribution in [3.63, 3.8) is 0 Å². The lowest BCUT2D eigenvalue weighted by molar-refractivity contribution is -0.128. The molecule has 0 radical (unpaired) electrons. The molecule has 0 amide bonds. The Bertz CT molecular complexity index is 217. The van der Waals surface area contributed by atoms with Crippen LogP contribution in [0, 0.1) is 0 Å². The van der Waals surface area contributed by atoms with Gasteiger partial charge in [-0.05, 0) is 6.92 Å². The van der Waals surface area contributed by atoms with E-state index < -0.39 is 21.5 Å². The third kappa shape index (κ3) is 2.66. The highest BCUT2D eigenvalue weighted by Gasteiger charge is 2.45. The van der Waals surface area contributed by atoms with E-state index in [0.29, 0.717) is 14.0 Å². The van der Waals surface area contributed by atoms with Crippen LogP contribution in [-0.2, 0) is 14.3 Å². The van der Waals surface area contributed by atoms with Crippen LogP contribution < -0.4 is 0 Å². The summed E-state index contributed by atoms with van der Waals surface area (Å²) in [5.41, 5.74) is 0. The van der Waals surface area contributed by atoms with Crippen LogP contribution in [-0.4, -0.2) is 27.0 Å². The smallest absolute Gasteiger partial charge is 0.273 e. The minimum Gasteiger partial charge on any atom is -0.273 e. The van der Waals surface area contributed by atoms with Crippen LogP contribution in [0.5, 0.6) is 0 Å². The van der Waals surface area contributed by atoms with Gasteiger partial charge in [0.2, 0.25) is 0 Å².